The van der Waals surface area contributed by atoms with Crippen molar-refractivity contribution in [1.82, 2.24) is 0 Å². The molecule has 0 radical (unpaired) electrons. The maximum absolute atomic E-state index is 12.0. The second-order valence-electron chi connectivity index (χ2n) is 4.29. The molecule has 1 aromatic rings. The third kappa shape index (κ3) is 3.04. The smallest absolute Gasteiger partial charge is 0.337 e. The summed E-state index contributed by atoms with van der Waals surface area (Å²) in [6.07, 6.45) is 0. The van der Waals surface area contributed by atoms with E-state index in [0.717, 1.165) is 0 Å². The van der Waals surface area contributed by atoms with Crippen molar-refractivity contribution in [3.63, 3.8) is 0 Å². The minimum atomic E-state index is -1.16. The largest absolute Gasteiger partial charge is 0.478 e. The molecule has 2 rings (SSSR count). The van der Waals surface area contributed by atoms with Gasteiger partial charge in [-0.2, -0.15) is 0 Å². The van der Waals surface area contributed by atoms with Gasteiger partial charge in [-0.1, -0.05) is 11.6 Å². The van der Waals surface area contributed by atoms with Gasteiger partial charge in [0.2, 0.25) is 5.91 Å². The second-order valence-corrected chi connectivity index (χ2v) is 4.73. The number of nitrogens with two attached hydrogens (primary N) is 1. The average Bonchev–Trinajstić information content (AvgIpc) is 2.77. The lowest BCUT2D eigenvalue weighted by Gasteiger charge is -2.14. The lowest BCUT2D eigenvalue weighted by Crippen LogP contribution is -2.37. The molecule has 0 aliphatic carbocycles. The van der Waals surface area contributed by atoms with Crippen LogP contribution in [0.1, 0.15) is 10.4 Å². The van der Waals surface area contributed by atoms with Gasteiger partial charge in [0.1, 0.15) is 0 Å². The zero-order chi connectivity index (χ0) is 14.0. The number of hydrogen-bond acceptors (Lipinski definition) is 4. The van der Waals surface area contributed by atoms with Crippen LogP contribution in [0.3, 0.4) is 0 Å². The first-order valence-corrected chi connectivity index (χ1v) is 6.04. The molecule has 1 saturated heterocycles. The summed E-state index contributed by atoms with van der Waals surface area (Å²) in [7, 11) is 0. The summed E-state index contributed by atoms with van der Waals surface area (Å²) < 4.78 is 5.10. The molecule has 6 nitrogen and oxygen atoms in total. The van der Waals surface area contributed by atoms with Crippen molar-refractivity contribution in [1.29, 1.82) is 0 Å². The Morgan fingerprint density at radius 2 is 2.16 bits per heavy atom. The first kappa shape index (κ1) is 13.8. The Kier molecular flexibility index (Phi) is 4.04. The maximum Gasteiger partial charge on any atom is 0.337 e. The van der Waals surface area contributed by atoms with E-state index in [-0.39, 0.29) is 34.8 Å². The average molecular weight is 285 g/mol. The van der Waals surface area contributed by atoms with Gasteiger partial charge in [-0.05, 0) is 18.2 Å². The highest BCUT2D eigenvalue weighted by Crippen LogP contribution is 2.22. The highest BCUT2D eigenvalue weighted by molar-refractivity contribution is 6.31. The van der Waals surface area contributed by atoms with Crippen LogP contribution in [0.25, 0.3) is 0 Å². The number of anilines is 1. The van der Waals surface area contributed by atoms with Gasteiger partial charge in [0, 0.05) is 11.1 Å². The van der Waals surface area contributed by atoms with Crippen LogP contribution in [0.4, 0.5) is 5.69 Å². The summed E-state index contributed by atoms with van der Waals surface area (Å²) >= 11 is 5.73. The summed E-state index contributed by atoms with van der Waals surface area (Å²) in [5.41, 5.74) is 5.87. The van der Waals surface area contributed by atoms with E-state index in [4.69, 9.17) is 27.2 Å². The Morgan fingerprint density at radius 3 is 2.74 bits per heavy atom. The van der Waals surface area contributed by atoms with E-state index in [1.165, 1.54) is 18.2 Å². The number of carboxylic acid groups (broad SMARTS) is 1. The molecule has 7 heteroatoms. The molecule has 0 spiro atoms. The van der Waals surface area contributed by atoms with Gasteiger partial charge in [-0.15, -0.1) is 0 Å². The van der Waals surface area contributed by atoms with Crippen LogP contribution in [-0.4, -0.2) is 36.2 Å². The lowest BCUT2D eigenvalue weighted by molar-refractivity contribution is -0.120. The number of hydrogen-bond donors (Lipinski definition) is 3. The summed E-state index contributed by atoms with van der Waals surface area (Å²) in [6, 6.07) is 3.87. The molecule has 2 unspecified atom stereocenters. The van der Waals surface area contributed by atoms with Crippen LogP contribution >= 0.6 is 11.6 Å². The van der Waals surface area contributed by atoms with Crippen LogP contribution in [0.5, 0.6) is 0 Å². The van der Waals surface area contributed by atoms with Crippen LogP contribution in [0.15, 0.2) is 18.2 Å². The first-order chi connectivity index (χ1) is 8.99. The number of ether oxygens (including phenoxy) is 1. The Labute approximate surface area is 114 Å². The minimum absolute atomic E-state index is 0.0617. The van der Waals surface area contributed by atoms with Gasteiger partial charge >= 0.3 is 5.97 Å². The fourth-order valence-corrected chi connectivity index (χ4v) is 2.04. The van der Waals surface area contributed by atoms with E-state index in [9.17, 15) is 9.59 Å². The summed E-state index contributed by atoms with van der Waals surface area (Å²) in [4.78, 5) is 23.1. The zero-order valence-electron chi connectivity index (χ0n) is 9.93. The zero-order valence-corrected chi connectivity index (χ0v) is 10.7. The van der Waals surface area contributed by atoms with E-state index in [0.29, 0.717) is 6.61 Å². The van der Waals surface area contributed by atoms with Crippen molar-refractivity contribution in [2.75, 3.05) is 18.5 Å². The van der Waals surface area contributed by atoms with Crippen molar-refractivity contribution >= 4 is 29.2 Å². The number of carbonyl (C=O) groups excluding carboxylic acids is 1. The minimum Gasteiger partial charge on any atom is -0.478 e. The van der Waals surface area contributed by atoms with Crippen molar-refractivity contribution in [2.45, 2.75) is 6.04 Å². The molecule has 4 N–H and O–H groups in total. The molecular formula is C12H13ClN2O4. The van der Waals surface area contributed by atoms with Gasteiger partial charge in [0.15, 0.2) is 0 Å². The van der Waals surface area contributed by atoms with Crippen LogP contribution in [0.2, 0.25) is 5.02 Å². The molecule has 1 heterocycles. The van der Waals surface area contributed by atoms with Gasteiger partial charge in [-0.3, -0.25) is 4.79 Å². The van der Waals surface area contributed by atoms with Crippen LogP contribution in [0, 0.1) is 5.92 Å². The SMILES string of the molecule is NC1COCC1C(=O)Nc1ccc(Cl)cc1C(=O)O. The molecule has 1 fully saturated rings. The molecule has 1 aromatic carbocycles. The fourth-order valence-electron chi connectivity index (χ4n) is 1.87. The second kappa shape index (κ2) is 5.56. The Morgan fingerprint density at radius 1 is 1.42 bits per heavy atom. The predicted molar refractivity (Wildman–Crippen MR) is 69.3 cm³/mol. The third-order valence-electron chi connectivity index (χ3n) is 2.93. The molecule has 19 heavy (non-hydrogen) atoms. The molecular weight excluding hydrogens is 272 g/mol. The van der Waals surface area contributed by atoms with E-state index in [1.54, 1.807) is 0 Å². The van der Waals surface area contributed by atoms with Crippen molar-refractivity contribution in [3.8, 4) is 0 Å². The van der Waals surface area contributed by atoms with Gasteiger partial charge < -0.3 is 20.9 Å². The van der Waals surface area contributed by atoms with E-state index >= 15 is 0 Å². The summed E-state index contributed by atoms with van der Waals surface area (Å²) in [5, 5.41) is 11.9. The number of nitrogens with one attached hydrogen (secondary N) is 1. The van der Waals surface area contributed by atoms with Crippen molar-refractivity contribution < 1.29 is 19.4 Å². The molecule has 102 valence electrons. The third-order valence-corrected chi connectivity index (χ3v) is 3.17. The summed E-state index contributed by atoms with van der Waals surface area (Å²) in [6.45, 7) is 0.563. The monoisotopic (exact) mass is 284 g/mol. The highest BCUT2D eigenvalue weighted by atomic mass is 35.5. The van der Waals surface area contributed by atoms with E-state index in [1.807, 2.05) is 0 Å². The standard InChI is InChI=1S/C12H13ClN2O4/c13-6-1-2-10(7(3-6)12(17)18)15-11(16)8-4-19-5-9(8)14/h1-3,8-9H,4-5,14H2,(H,15,16)(H,17,18). The molecule has 1 amide bonds. The molecule has 0 bridgehead atoms. The van der Waals surface area contributed by atoms with Gasteiger partial charge in [0.25, 0.3) is 0 Å². The normalized spacial score (nSPS) is 22.2. The lowest BCUT2D eigenvalue weighted by atomic mass is 10.0. The maximum atomic E-state index is 12.0. The number of aromatic carboxylic acids is 1. The van der Waals surface area contributed by atoms with Gasteiger partial charge in [0.05, 0.1) is 30.4 Å². The fraction of sp³-hybridized carbons (Fsp3) is 0.333. The van der Waals surface area contributed by atoms with Crippen molar-refractivity contribution in [2.24, 2.45) is 11.7 Å². The quantitative estimate of drug-likeness (QED) is 0.767. The van der Waals surface area contributed by atoms with Crippen molar-refractivity contribution in [3.05, 3.63) is 28.8 Å². The number of amides is 1. The number of carboxylic acids is 1. The highest BCUT2D eigenvalue weighted by Gasteiger charge is 2.31. The first-order valence-electron chi connectivity index (χ1n) is 5.66. The van der Waals surface area contributed by atoms with Crippen LogP contribution < -0.4 is 11.1 Å². The van der Waals surface area contributed by atoms with Crippen LogP contribution in [-0.2, 0) is 9.53 Å². The number of halogens is 1. The number of benzene rings is 1. The molecule has 0 saturated carbocycles. The van der Waals surface area contributed by atoms with E-state index < -0.39 is 11.9 Å². The van der Waals surface area contributed by atoms with Gasteiger partial charge in [-0.25, -0.2) is 4.79 Å². The Hall–Kier alpha value is -1.63. The number of carbonyl (C=O) groups is 2. The number of rotatable bonds is 3. The predicted octanol–water partition coefficient (Wildman–Crippen LogP) is 0.950. The Balaban J connectivity index is 2.19. The molecule has 2 atom stereocenters. The topological polar surface area (TPSA) is 102 Å². The summed E-state index contributed by atoms with van der Waals surface area (Å²) in [5.74, 6) is -1.99. The molecule has 0 aromatic heterocycles. The molecule has 1 aliphatic rings. The molecule has 1 aliphatic heterocycles. The van der Waals surface area contributed by atoms with E-state index in [2.05, 4.69) is 5.32 Å². The Bertz CT molecular complexity index is 520.